The van der Waals surface area contributed by atoms with Gasteiger partial charge < -0.3 is 5.32 Å². The standard InChI is InChI=1S/C13H22N2S/c1-13(2)7-8-16-12(15-13)14-11(9-3-4-9)10-5-6-10/h9-11H,3-8H2,1-2H3,(H,14,15). The molecule has 0 aromatic carbocycles. The van der Waals surface area contributed by atoms with E-state index in [-0.39, 0.29) is 5.54 Å². The van der Waals surface area contributed by atoms with Crippen LogP contribution < -0.4 is 5.32 Å². The van der Waals surface area contributed by atoms with Gasteiger partial charge in [0.05, 0.1) is 6.04 Å². The Bertz CT molecular complexity index is 291. The molecule has 1 heterocycles. The van der Waals surface area contributed by atoms with Crippen LogP contribution in [0.5, 0.6) is 0 Å². The summed E-state index contributed by atoms with van der Waals surface area (Å²) < 4.78 is 0. The van der Waals surface area contributed by atoms with Crippen molar-refractivity contribution in [3.05, 3.63) is 0 Å². The molecule has 1 saturated heterocycles. The van der Waals surface area contributed by atoms with E-state index < -0.39 is 0 Å². The molecule has 0 bridgehead atoms. The normalized spacial score (nSPS) is 31.8. The molecule has 3 fully saturated rings. The van der Waals surface area contributed by atoms with Crippen LogP contribution in [0.2, 0.25) is 0 Å². The van der Waals surface area contributed by atoms with E-state index >= 15 is 0 Å². The molecular weight excluding hydrogens is 216 g/mol. The molecule has 3 rings (SSSR count). The van der Waals surface area contributed by atoms with Crippen LogP contribution in [0.4, 0.5) is 0 Å². The Kier molecular flexibility index (Phi) is 2.69. The van der Waals surface area contributed by atoms with E-state index in [0.29, 0.717) is 6.04 Å². The highest BCUT2D eigenvalue weighted by molar-refractivity contribution is 8.13. The molecule has 3 heteroatoms. The summed E-state index contributed by atoms with van der Waals surface area (Å²) in [6.45, 7) is 4.57. The molecule has 0 aromatic heterocycles. The molecule has 0 radical (unpaired) electrons. The number of thioether (sulfide) groups is 1. The van der Waals surface area contributed by atoms with Crippen LogP contribution in [0.1, 0.15) is 46.0 Å². The van der Waals surface area contributed by atoms with Crippen molar-refractivity contribution in [1.82, 2.24) is 5.32 Å². The van der Waals surface area contributed by atoms with E-state index in [9.17, 15) is 0 Å². The molecule has 1 aliphatic heterocycles. The van der Waals surface area contributed by atoms with Crippen LogP contribution in [-0.2, 0) is 0 Å². The van der Waals surface area contributed by atoms with Crippen molar-refractivity contribution in [3.8, 4) is 0 Å². The van der Waals surface area contributed by atoms with Gasteiger partial charge in [0, 0.05) is 11.3 Å². The Morgan fingerprint density at radius 3 is 2.38 bits per heavy atom. The fourth-order valence-corrected chi connectivity index (χ4v) is 3.82. The molecule has 3 aliphatic rings. The minimum atomic E-state index is 0.252. The van der Waals surface area contributed by atoms with Crippen LogP contribution in [0, 0.1) is 11.8 Å². The number of hydrogen-bond donors (Lipinski definition) is 1. The number of nitrogens with one attached hydrogen (secondary N) is 1. The summed E-state index contributed by atoms with van der Waals surface area (Å²) in [6.07, 6.45) is 6.93. The average Bonchev–Trinajstić information content (AvgIpc) is 3.06. The number of amidine groups is 1. The van der Waals surface area contributed by atoms with E-state index in [2.05, 4.69) is 19.2 Å². The molecule has 16 heavy (non-hydrogen) atoms. The maximum Gasteiger partial charge on any atom is 0.157 e. The van der Waals surface area contributed by atoms with Crippen molar-refractivity contribution >= 4 is 16.9 Å². The van der Waals surface area contributed by atoms with E-state index in [1.54, 1.807) is 0 Å². The van der Waals surface area contributed by atoms with Crippen molar-refractivity contribution in [3.63, 3.8) is 0 Å². The van der Waals surface area contributed by atoms with Crippen molar-refractivity contribution in [1.29, 1.82) is 0 Å². The molecular formula is C13H22N2S. The highest BCUT2D eigenvalue weighted by Crippen LogP contribution is 2.46. The predicted molar refractivity (Wildman–Crippen MR) is 71.0 cm³/mol. The molecule has 90 valence electrons. The lowest BCUT2D eigenvalue weighted by atomic mass is 10.0. The highest BCUT2D eigenvalue weighted by Gasteiger charge is 2.42. The minimum absolute atomic E-state index is 0.252. The summed E-state index contributed by atoms with van der Waals surface area (Å²) in [6, 6.07) is 0.656. The Morgan fingerprint density at radius 2 is 1.88 bits per heavy atom. The van der Waals surface area contributed by atoms with E-state index in [0.717, 1.165) is 11.8 Å². The number of nitrogens with zero attached hydrogens (tertiary/aromatic N) is 1. The third-order valence-corrected chi connectivity index (χ3v) is 4.78. The van der Waals surface area contributed by atoms with Crippen LogP contribution in [0.15, 0.2) is 4.99 Å². The van der Waals surface area contributed by atoms with Gasteiger partial charge in [-0.3, -0.25) is 4.99 Å². The van der Waals surface area contributed by atoms with Gasteiger partial charge in [-0.25, -0.2) is 0 Å². The molecule has 0 unspecified atom stereocenters. The minimum Gasteiger partial charge on any atom is -0.360 e. The van der Waals surface area contributed by atoms with Crippen molar-refractivity contribution < 1.29 is 0 Å². The third-order valence-electron chi connectivity index (χ3n) is 3.89. The fraction of sp³-hybridized carbons (Fsp3) is 0.923. The molecule has 0 spiro atoms. The number of aliphatic imine (C=N–C) groups is 1. The summed E-state index contributed by atoms with van der Waals surface area (Å²) >= 11 is 1.92. The first kappa shape index (κ1) is 10.9. The second-order valence-electron chi connectivity index (χ2n) is 6.21. The highest BCUT2D eigenvalue weighted by atomic mass is 32.2. The lowest BCUT2D eigenvalue weighted by Gasteiger charge is -2.33. The number of hydrogen-bond acceptors (Lipinski definition) is 2. The van der Waals surface area contributed by atoms with Gasteiger partial charge in [0.25, 0.3) is 0 Å². The fourth-order valence-electron chi connectivity index (χ4n) is 2.47. The summed E-state index contributed by atoms with van der Waals surface area (Å²) in [5.74, 6) is 3.07. The zero-order valence-corrected chi connectivity index (χ0v) is 11.1. The van der Waals surface area contributed by atoms with Gasteiger partial charge in [-0.15, -0.1) is 0 Å². The topological polar surface area (TPSA) is 24.4 Å². The summed E-state index contributed by atoms with van der Waals surface area (Å²) in [7, 11) is 0. The Morgan fingerprint density at radius 1 is 1.25 bits per heavy atom. The van der Waals surface area contributed by atoms with Gasteiger partial charge in [0.2, 0.25) is 0 Å². The van der Waals surface area contributed by atoms with E-state index in [1.165, 1.54) is 43.0 Å². The quantitative estimate of drug-likeness (QED) is 0.817. The maximum absolute atomic E-state index is 5.02. The second kappa shape index (κ2) is 3.94. The Hall–Kier alpha value is -0.180. The lowest BCUT2D eigenvalue weighted by Crippen LogP contribution is -2.46. The molecule has 2 nitrogen and oxygen atoms in total. The van der Waals surface area contributed by atoms with Crippen molar-refractivity contribution in [2.24, 2.45) is 16.8 Å². The first-order valence-electron chi connectivity index (χ1n) is 6.63. The molecule has 2 saturated carbocycles. The smallest absolute Gasteiger partial charge is 0.157 e. The van der Waals surface area contributed by atoms with Gasteiger partial charge >= 0.3 is 0 Å². The largest absolute Gasteiger partial charge is 0.360 e. The lowest BCUT2D eigenvalue weighted by molar-refractivity contribution is 0.441. The molecule has 0 amide bonds. The van der Waals surface area contributed by atoms with Gasteiger partial charge in [0.1, 0.15) is 0 Å². The first-order chi connectivity index (χ1) is 7.64. The summed E-state index contributed by atoms with van der Waals surface area (Å²) in [4.78, 5) is 5.02. The molecule has 0 atom stereocenters. The first-order valence-corrected chi connectivity index (χ1v) is 7.61. The summed E-state index contributed by atoms with van der Waals surface area (Å²) in [5.41, 5.74) is 0.252. The monoisotopic (exact) mass is 238 g/mol. The zero-order valence-electron chi connectivity index (χ0n) is 10.3. The van der Waals surface area contributed by atoms with E-state index in [1.807, 2.05) is 11.8 Å². The summed E-state index contributed by atoms with van der Waals surface area (Å²) in [5, 5.41) is 4.82. The second-order valence-corrected chi connectivity index (χ2v) is 7.29. The third kappa shape index (κ3) is 2.55. The van der Waals surface area contributed by atoms with Gasteiger partial charge in [-0.2, -0.15) is 0 Å². The van der Waals surface area contributed by atoms with Crippen molar-refractivity contribution in [2.45, 2.75) is 57.5 Å². The van der Waals surface area contributed by atoms with Crippen LogP contribution in [0.3, 0.4) is 0 Å². The predicted octanol–water partition coefficient (Wildman–Crippen LogP) is 3.04. The SMILES string of the molecule is CC1(C)CCSC(=NC(C2CC2)C2CC2)N1. The molecule has 2 aliphatic carbocycles. The Balaban J connectivity index is 1.69. The molecule has 1 N–H and O–H groups in total. The Labute approximate surface area is 103 Å². The van der Waals surface area contributed by atoms with Gasteiger partial charge in [-0.1, -0.05) is 11.8 Å². The van der Waals surface area contributed by atoms with Crippen LogP contribution in [-0.4, -0.2) is 22.5 Å². The van der Waals surface area contributed by atoms with Crippen molar-refractivity contribution in [2.75, 3.05) is 5.75 Å². The van der Waals surface area contributed by atoms with E-state index in [4.69, 9.17) is 4.99 Å². The zero-order chi connectivity index (χ0) is 11.2. The number of rotatable bonds is 3. The maximum atomic E-state index is 5.02. The van der Waals surface area contributed by atoms with Crippen LogP contribution in [0.25, 0.3) is 0 Å². The molecule has 0 aromatic rings. The van der Waals surface area contributed by atoms with Gasteiger partial charge in [0.15, 0.2) is 5.17 Å². The van der Waals surface area contributed by atoms with Gasteiger partial charge in [-0.05, 0) is 57.8 Å². The average molecular weight is 238 g/mol. The van der Waals surface area contributed by atoms with Crippen LogP contribution >= 0.6 is 11.8 Å².